The Kier molecular flexibility index (Phi) is 4.66. The zero-order valence-electron chi connectivity index (χ0n) is 13.6. The van der Waals surface area contributed by atoms with Gasteiger partial charge in [-0.1, -0.05) is 44.0 Å². The Bertz CT molecular complexity index is 470. The second-order valence-corrected chi connectivity index (χ2v) is 7.14. The minimum Gasteiger partial charge on any atom is -0.330 e. The maximum Gasteiger partial charge on any atom is 0.0351 e. The van der Waals surface area contributed by atoms with E-state index >= 15 is 0 Å². The molecule has 0 radical (unpaired) electrons. The van der Waals surface area contributed by atoms with Gasteiger partial charge in [0.05, 0.1) is 0 Å². The predicted octanol–water partition coefficient (Wildman–Crippen LogP) is 4.07. The molecule has 4 unspecified atom stereocenters. The van der Waals surface area contributed by atoms with Crippen molar-refractivity contribution in [3.8, 4) is 0 Å². The van der Waals surface area contributed by atoms with Crippen LogP contribution in [0.3, 0.4) is 0 Å². The van der Waals surface area contributed by atoms with Gasteiger partial charge < -0.3 is 5.73 Å². The predicted molar refractivity (Wildman–Crippen MR) is 89.4 cm³/mol. The molecule has 0 amide bonds. The Morgan fingerprint density at radius 3 is 2.52 bits per heavy atom. The van der Waals surface area contributed by atoms with E-state index in [1.54, 1.807) is 11.1 Å². The summed E-state index contributed by atoms with van der Waals surface area (Å²) in [6, 6.07) is 10.4. The number of nitrogens with two attached hydrogens (primary N) is 1. The summed E-state index contributed by atoms with van der Waals surface area (Å²) in [6.07, 6.45) is 7.98. The Labute approximate surface area is 129 Å². The van der Waals surface area contributed by atoms with Gasteiger partial charge >= 0.3 is 0 Å². The first-order valence-electron chi connectivity index (χ1n) is 8.73. The van der Waals surface area contributed by atoms with Crippen LogP contribution in [0.1, 0.15) is 68.5 Å². The van der Waals surface area contributed by atoms with E-state index in [1.165, 1.54) is 38.5 Å². The number of rotatable bonds is 3. The molecule has 0 spiro atoms. The number of hydrogen-bond donors (Lipinski definition) is 1. The van der Waals surface area contributed by atoms with Crippen molar-refractivity contribution in [3.63, 3.8) is 0 Å². The molecule has 2 nitrogen and oxygen atoms in total. The molecule has 116 valence electrons. The molecule has 0 saturated heterocycles. The van der Waals surface area contributed by atoms with Crippen molar-refractivity contribution < 1.29 is 0 Å². The third-order valence-electron chi connectivity index (χ3n) is 5.95. The Balaban J connectivity index is 1.84. The van der Waals surface area contributed by atoms with Crippen LogP contribution in [-0.4, -0.2) is 24.5 Å². The first-order valence-corrected chi connectivity index (χ1v) is 8.73. The molecule has 2 aliphatic carbocycles. The van der Waals surface area contributed by atoms with E-state index < -0.39 is 0 Å². The molecule has 3 rings (SSSR count). The fourth-order valence-electron chi connectivity index (χ4n) is 4.64. The molecule has 2 N–H and O–H groups in total. The van der Waals surface area contributed by atoms with Gasteiger partial charge in [-0.15, -0.1) is 0 Å². The highest BCUT2D eigenvalue weighted by atomic mass is 15.2. The molecule has 0 aromatic heterocycles. The molecule has 1 fully saturated rings. The highest BCUT2D eigenvalue weighted by Crippen LogP contribution is 2.42. The normalized spacial score (nSPS) is 33.0. The third kappa shape index (κ3) is 2.89. The maximum atomic E-state index is 6.05. The lowest BCUT2D eigenvalue weighted by Gasteiger charge is -2.44. The van der Waals surface area contributed by atoms with Gasteiger partial charge in [0, 0.05) is 12.1 Å². The van der Waals surface area contributed by atoms with Crippen LogP contribution in [-0.2, 0) is 0 Å². The van der Waals surface area contributed by atoms with Gasteiger partial charge in [-0.05, 0) is 62.2 Å². The third-order valence-corrected chi connectivity index (χ3v) is 5.95. The molecule has 1 aromatic carbocycles. The molecule has 4 atom stereocenters. The quantitative estimate of drug-likeness (QED) is 0.907. The van der Waals surface area contributed by atoms with Crippen molar-refractivity contribution in [2.24, 2.45) is 11.7 Å². The van der Waals surface area contributed by atoms with E-state index in [4.69, 9.17) is 5.73 Å². The fraction of sp³-hybridized carbons (Fsp3) is 0.684. The molecule has 21 heavy (non-hydrogen) atoms. The Morgan fingerprint density at radius 1 is 1.05 bits per heavy atom. The average molecular weight is 286 g/mol. The van der Waals surface area contributed by atoms with E-state index in [2.05, 4.69) is 43.1 Å². The Morgan fingerprint density at radius 2 is 1.76 bits per heavy atom. The molecular weight excluding hydrogens is 256 g/mol. The highest BCUT2D eigenvalue weighted by molar-refractivity contribution is 5.35. The van der Waals surface area contributed by atoms with E-state index in [-0.39, 0.29) is 0 Å². The van der Waals surface area contributed by atoms with Crippen LogP contribution in [0, 0.1) is 5.92 Å². The van der Waals surface area contributed by atoms with Gasteiger partial charge in [0.15, 0.2) is 0 Å². The second-order valence-electron chi connectivity index (χ2n) is 7.14. The van der Waals surface area contributed by atoms with Gasteiger partial charge in [-0.25, -0.2) is 0 Å². The minimum atomic E-state index is 0.592. The molecule has 0 bridgehead atoms. The summed E-state index contributed by atoms with van der Waals surface area (Å²) in [7, 11) is 2.34. The van der Waals surface area contributed by atoms with Gasteiger partial charge in [0.25, 0.3) is 0 Å². The molecule has 2 heteroatoms. The van der Waals surface area contributed by atoms with Crippen molar-refractivity contribution in [2.75, 3.05) is 13.6 Å². The van der Waals surface area contributed by atoms with E-state index in [1.807, 2.05) is 0 Å². The molecule has 0 heterocycles. The number of nitrogens with zero attached hydrogens (tertiary/aromatic N) is 1. The zero-order valence-corrected chi connectivity index (χ0v) is 13.6. The summed E-state index contributed by atoms with van der Waals surface area (Å²) < 4.78 is 0. The fourth-order valence-corrected chi connectivity index (χ4v) is 4.64. The summed E-state index contributed by atoms with van der Waals surface area (Å²) in [4.78, 5) is 2.67. The van der Waals surface area contributed by atoms with Crippen LogP contribution in [0.5, 0.6) is 0 Å². The summed E-state index contributed by atoms with van der Waals surface area (Å²) in [5.74, 6) is 1.40. The molecule has 1 aromatic rings. The zero-order chi connectivity index (χ0) is 14.8. The number of hydrogen-bond acceptors (Lipinski definition) is 2. The monoisotopic (exact) mass is 286 g/mol. The first kappa shape index (κ1) is 15.1. The Hall–Kier alpha value is -0.860. The molecule has 2 aliphatic rings. The maximum absolute atomic E-state index is 6.05. The summed E-state index contributed by atoms with van der Waals surface area (Å²) in [6.45, 7) is 3.22. The van der Waals surface area contributed by atoms with Crippen molar-refractivity contribution in [1.82, 2.24) is 4.90 Å². The van der Waals surface area contributed by atoms with E-state index in [0.29, 0.717) is 23.9 Å². The van der Waals surface area contributed by atoms with Crippen LogP contribution in [0.2, 0.25) is 0 Å². The van der Waals surface area contributed by atoms with Crippen molar-refractivity contribution in [2.45, 2.75) is 63.5 Å². The molecule has 0 aliphatic heterocycles. The summed E-state index contributed by atoms with van der Waals surface area (Å²) in [5.41, 5.74) is 9.19. The van der Waals surface area contributed by atoms with E-state index in [0.717, 1.165) is 6.54 Å². The largest absolute Gasteiger partial charge is 0.330 e. The second kappa shape index (κ2) is 6.50. The van der Waals surface area contributed by atoms with Crippen LogP contribution in [0.15, 0.2) is 24.3 Å². The van der Waals surface area contributed by atoms with Crippen molar-refractivity contribution >= 4 is 0 Å². The van der Waals surface area contributed by atoms with Gasteiger partial charge in [0.2, 0.25) is 0 Å². The standard InChI is InChI=1S/C19H30N2/c1-14-11-12-19(17-9-5-4-8-16(14)17)21(2)18-10-6-3-7-15(18)13-20/h4-5,8-9,14-15,18-19H,3,6-7,10-13,20H2,1-2H3. The van der Waals surface area contributed by atoms with Crippen LogP contribution in [0.25, 0.3) is 0 Å². The molecular formula is C19H30N2. The van der Waals surface area contributed by atoms with Crippen molar-refractivity contribution in [1.29, 1.82) is 0 Å². The smallest absolute Gasteiger partial charge is 0.0351 e. The SMILES string of the molecule is CC1CCC(N(C)C2CCCCC2CN)c2ccccc21. The average Bonchev–Trinajstić information content (AvgIpc) is 2.55. The first-order chi connectivity index (χ1) is 10.2. The lowest BCUT2D eigenvalue weighted by Crippen LogP contribution is -2.45. The number of fused-ring (bicyclic) bond motifs is 1. The van der Waals surface area contributed by atoms with Crippen LogP contribution < -0.4 is 5.73 Å². The lowest BCUT2D eigenvalue weighted by molar-refractivity contribution is 0.0817. The summed E-state index contributed by atoms with van der Waals surface area (Å²) in [5, 5.41) is 0. The molecule has 1 saturated carbocycles. The summed E-state index contributed by atoms with van der Waals surface area (Å²) >= 11 is 0. The van der Waals surface area contributed by atoms with Crippen molar-refractivity contribution in [3.05, 3.63) is 35.4 Å². The van der Waals surface area contributed by atoms with Crippen LogP contribution in [0.4, 0.5) is 0 Å². The topological polar surface area (TPSA) is 29.3 Å². The van der Waals surface area contributed by atoms with Gasteiger partial charge in [-0.3, -0.25) is 4.90 Å². The highest BCUT2D eigenvalue weighted by Gasteiger charge is 2.34. The van der Waals surface area contributed by atoms with Gasteiger partial charge in [0.1, 0.15) is 0 Å². The van der Waals surface area contributed by atoms with E-state index in [9.17, 15) is 0 Å². The lowest BCUT2D eigenvalue weighted by atomic mass is 9.78. The van der Waals surface area contributed by atoms with Crippen LogP contribution >= 0.6 is 0 Å². The minimum absolute atomic E-state index is 0.592. The number of benzene rings is 1. The van der Waals surface area contributed by atoms with Gasteiger partial charge in [-0.2, -0.15) is 0 Å².